The summed E-state index contributed by atoms with van der Waals surface area (Å²) in [4.78, 5) is 30.4. The molecular weight excluding hydrogens is 334 g/mol. The van der Waals surface area contributed by atoms with Crippen molar-refractivity contribution in [3.8, 4) is 0 Å². The molecule has 6 heteroatoms. The molecule has 0 saturated heterocycles. The summed E-state index contributed by atoms with van der Waals surface area (Å²) >= 11 is 1.73. The van der Waals surface area contributed by atoms with Crippen molar-refractivity contribution in [2.75, 3.05) is 0 Å². The summed E-state index contributed by atoms with van der Waals surface area (Å²) in [5, 5.41) is 4.81. The van der Waals surface area contributed by atoms with Crippen molar-refractivity contribution in [1.29, 1.82) is 0 Å². The Balaban J connectivity index is 1.56. The van der Waals surface area contributed by atoms with E-state index in [4.69, 9.17) is 0 Å². The van der Waals surface area contributed by atoms with Gasteiger partial charge in [0.05, 0.1) is 22.3 Å². The van der Waals surface area contributed by atoms with Crippen molar-refractivity contribution in [3.63, 3.8) is 0 Å². The zero-order chi connectivity index (χ0) is 17.4. The number of thiazole rings is 1. The lowest BCUT2D eigenvalue weighted by Gasteiger charge is -2.22. The molecule has 0 bridgehead atoms. The Labute approximate surface area is 149 Å². The maximum Gasteiger partial charge on any atom is 0.240 e. The van der Waals surface area contributed by atoms with Gasteiger partial charge in [0, 0.05) is 22.5 Å². The first-order chi connectivity index (χ1) is 12.1. The average Bonchev–Trinajstić information content (AvgIpc) is 2.99. The molecule has 0 saturated carbocycles. The van der Waals surface area contributed by atoms with E-state index < -0.39 is 0 Å². The Kier molecular flexibility index (Phi) is 4.13. The number of hydrogen-bond donors (Lipinski definition) is 1. The molecule has 128 valence electrons. The van der Waals surface area contributed by atoms with Crippen LogP contribution in [-0.4, -0.2) is 15.5 Å². The van der Waals surface area contributed by atoms with Gasteiger partial charge in [-0.25, -0.2) is 4.98 Å². The Morgan fingerprint density at radius 3 is 3.08 bits per heavy atom. The highest BCUT2D eigenvalue weighted by atomic mass is 32.1. The quantitative estimate of drug-likeness (QED) is 0.787. The molecular formula is C19H19N3O2S. The molecule has 1 aliphatic carbocycles. The fourth-order valence-corrected chi connectivity index (χ4v) is 4.51. The molecule has 1 atom stereocenters. The highest BCUT2D eigenvalue weighted by molar-refractivity contribution is 7.11. The number of para-hydroxylation sites is 1. The first kappa shape index (κ1) is 16.0. The number of nitrogens with one attached hydrogen (secondary N) is 1. The fraction of sp³-hybridized carbons (Fsp3) is 0.316. The average molecular weight is 353 g/mol. The van der Waals surface area contributed by atoms with Crippen molar-refractivity contribution >= 4 is 28.1 Å². The van der Waals surface area contributed by atoms with E-state index in [9.17, 15) is 9.59 Å². The first-order valence-corrected chi connectivity index (χ1v) is 9.27. The molecule has 2 aromatic heterocycles. The van der Waals surface area contributed by atoms with Gasteiger partial charge in [-0.1, -0.05) is 12.1 Å². The molecule has 0 radical (unpaired) electrons. The number of hydrogen-bond acceptors (Lipinski definition) is 4. The second kappa shape index (κ2) is 6.44. The van der Waals surface area contributed by atoms with Gasteiger partial charge in [0.1, 0.15) is 6.54 Å². The molecule has 5 nitrogen and oxygen atoms in total. The molecule has 0 aliphatic heterocycles. The molecule has 3 aromatic rings. The van der Waals surface area contributed by atoms with Crippen LogP contribution in [0.1, 0.15) is 34.5 Å². The number of rotatable bonds is 3. The van der Waals surface area contributed by atoms with Crippen LogP contribution in [0.2, 0.25) is 0 Å². The van der Waals surface area contributed by atoms with Crippen molar-refractivity contribution in [2.24, 2.45) is 0 Å². The summed E-state index contributed by atoms with van der Waals surface area (Å²) in [6.07, 6.45) is 4.73. The number of carbonyl (C=O) groups excluding carboxylic acids is 1. The second-order valence-electron chi connectivity index (χ2n) is 6.38. The largest absolute Gasteiger partial charge is 0.346 e. The fourth-order valence-electron chi connectivity index (χ4n) is 3.47. The number of carbonyl (C=O) groups is 1. The van der Waals surface area contributed by atoms with E-state index in [0.29, 0.717) is 5.39 Å². The van der Waals surface area contributed by atoms with Crippen molar-refractivity contribution < 1.29 is 4.79 Å². The van der Waals surface area contributed by atoms with Crippen LogP contribution in [0.3, 0.4) is 0 Å². The highest BCUT2D eigenvalue weighted by Crippen LogP contribution is 2.32. The van der Waals surface area contributed by atoms with Crippen LogP contribution in [0.15, 0.2) is 41.3 Å². The molecule has 1 aromatic carbocycles. The maximum absolute atomic E-state index is 12.6. The summed E-state index contributed by atoms with van der Waals surface area (Å²) < 4.78 is 1.82. The Bertz CT molecular complexity index is 1010. The minimum absolute atomic E-state index is 0.00755. The zero-order valence-corrected chi connectivity index (χ0v) is 14.8. The number of amides is 1. The minimum Gasteiger partial charge on any atom is -0.346 e. The normalized spacial score (nSPS) is 16.6. The molecule has 25 heavy (non-hydrogen) atoms. The maximum atomic E-state index is 12.6. The van der Waals surface area contributed by atoms with Gasteiger partial charge >= 0.3 is 0 Å². The van der Waals surface area contributed by atoms with Gasteiger partial charge in [-0.3, -0.25) is 9.59 Å². The Morgan fingerprint density at radius 1 is 1.36 bits per heavy atom. The van der Waals surface area contributed by atoms with Gasteiger partial charge in [0.25, 0.3) is 0 Å². The van der Waals surface area contributed by atoms with Gasteiger partial charge in [0.2, 0.25) is 5.91 Å². The number of aryl methyl sites for hydroxylation is 2. The lowest BCUT2D eigenvalue weighted by Crippen LogP contribution is -2.33. The molecule has 0 spiro atoms. The van der Waals surface area contributed by atoms with Crippen LogP contribution in [0.4, 0.5) is 0 Å². The predicted molar refractivity (Wildman–Crippen MR) is 98.9 cm³/mol. The number of aromatic nitrogens is 2. The standard InChI is InChI=1S/C19H19N3O2S/c1-12-20-19-14(6-4-8-17(19)25-12)21-18(24)11-22-10-9-16(23)13-5-2-3-7-15(13)22/h2-3,5,7,9-10,14H,4,6,8,11H2,1H3,(H,21,24). The molecule has 0 fully saturated rings. The molecule has 1 N–H and O–H groups in total. The van der Waals surface area contributed by atoms with Crippen molar-refractivity contribution in [3.05, 3.63) is 62.3 Å². The van der Waals surface area contributed by atoms with Crippen LogP contribution in [-0.2, 0) is 17.8 Å². The molecule has 2 heterocycles. The molecule has 1 unspecified atom stereocenters. The van der Waals surface area contributed by atoms with Crippen LogP contribution >= 0.6 is 11.3 Å². The third-order valence-electron chi connectivity index (χ3n) is 4.60. The van der Waals surface area contributed by atoms with Crippen molar-refractivity contribution in [1.82, 2.24) is 14.9 Å². The second-order valence-corrected chi connectivity index (χ2v) is 7.67. The van der Waals surface area contributed by atoms with Gasteiger partial charge in [-0.2, -0.15) is 0 Å². The van der Waals surface area contributed by atoms with Gasteiger partial charge in [-0.05, 0) is 38.3 Å². The predicted octanol–water partition coefficient (Wildman–Crippen LogP) is 2.96. The van der Waals surface area contributed by atoms with E-state index in [0.717, 1.165) is 35.5 Å². The molecule has 1 aliphatic rings. The number of nitrogens with zero attached hydrogens (tertiary/aromatic N) is 2. The van der Waals surface area contributed by atoms with Gasteiger partial charge < -0.3 is 9.88 Å². The van der Waals surface area contributed by atoms with Gasteiger partial charge in [-0.15, -0.1) is 11.3 Å². The minimum atomic E-state index is -0.0581. The number of benzene rings is 1. The van der Waals surface area contributed by atoms with E-state index in [1.54, 1.807) is 23.6 Å². The van der Waals surface area contributed by atoms with Crippen LogP contribution < -0.4 is 10.7 Å². The summed E-state index contributed by atoms with van der Waals surface area (Å²) in [7, 11) is 0. The third-order valence-corrected chi connectivity index (χ3v) is 5.64. The number of fused-ring (bicyclic) bond motifs is 2. The Morgan fingerprint density at radius 2 is 2.20 bits per heavy atom. The van der Waals surface area contributed by atoms with E-state index in [-0.39, 0.29) is 23.9 Å². The van der Waals surface area contributed by atoms with E-state index in [1.165, 1.54) is 10.9 Å². The third kappa shape index (κ3) is 3.09. The summed E-state index contributed by atoms with van der Waals surface area (Å²) in [5.41, 5.74) is 1.79. The van der Waals surface area contributed by atoms with E-state index in [1.807, 2.05) is 29.7 Å². The van der Waals surface area contributed by atoms with Crippen LogP contribution in [0.25, 0.3) is 10.9 Å². The molecule has 1 amide bonds. The summed E-state index contributed by atoms with van der Waals surface area (Å²) in [5.74, 6) is -0.0581. The lowest BCUT2D eigenvalue weighted by atomic mass is 9.97. The lowest BCUT2D eigenvalue weighted by molar-refractivity contribution is -0.122. The summed E-state index contributed by atoms with van der Waals surface area (Å²) in [6, 6.07) is 8.87. The van der Waals surface area contributed by atoms with Crippen LogP contribution in [0.5, 0.6) is 0 Å². The highest BCUT2D eigenvalue weighted by Gasteiger charge is 2.25. The Hall–Kier alpha value is -2.47. The monoisotopic (exact) mass is 353 g/mol. The van der Waals surface area contributed by atoms with Gasteiger partial charge in [0.15, 0.2) is 5.43 Å². The number of pyridine rings is 1. The summed E-state index contributed by atoms with van der Waals surface area (Å²) in [6.45, 7) is 2.20. The van der Waals surface area contributed by atoms with E-state index >= 15 is 0 Å². The topological polar surface area (TPSA) is 64.0 Å². The van der Waals surface area contributed by atoms with Crippen LogP contribution in [0, 0.1) is 6.92 Å². The smallest absolute Gasteiger partial charge is 0.240 e. The van der Waals surface area contributed by atoms with Crippen molar-refractivity contribution in [2.45, 2.75) is 38.8 Å². The van der Waals surface area contributed by atoms with E-state index in [2.05, 4.69) is 10.3 Å². The zero-order valence-electron chi connectivity index (χ0n) is 14.0. The SMILES string of the molecule is Cc1nc2c(s1)CCCC2NC(=O)Cn1ccc(=O)c2ccccc21. The molecule has 4 rings (SSSR count). The first-order valence-electron chi connectivity index (χ1n) is 8.45.